The van der Waals surface area contributed by atoms with E-state index in [9.17, 15) is 30.6 Å². The molecule has 0 aromatic heterocycles. The molecule has 150 valence electrons. The maximum absolute atomic E-state index is 11.2. The van der Waals surface area contributed by atoms with E-state index in [0.29, 0.717) is 11.1 Å². The van der Waals surface area contributed by atoms with E-state index in [1.807, 2.05) is 6.92 Å². The molecule has 0 aliphatic heterocycles. The van der Waals surface area contributed by atoms with Crippen molar-refractivity contribution in [2.45, 2.75) is 36.3 Å². The summed E-state index contributed by atoms with van der Waals surface area (Å²) in [6, 6.07) is 15.0. The fraction of sp³-hybridized carbons (Fsp3) is 0.333. The van der Waals surface area contributed by atoms with Crippen LogP contribution in [0.2, 0.25) is 0 Å². The first-order valence-electron chi connectivity index (χ1n) is 8.81. The first-order valence-corrected chi connectivity index (χ1v) is 9.19. The van der Waals surface area contributed by atoms with Crippen LogP contribution in [0.25, 0.3) is 5.03 Å². The molecule has 2 aromatic carbocycles. The molecule has 0 saturated heterocycles. The molecule has 1 fully saturated rings. The molecule has 2 aromatic rings. The summed E-state index contributed by atoms with van der Waals surface area (Å²) in [7, 11) is 0. The van der Waals surface area contributed by atoms with E-state index in [2.05, 4.69) is 0 Å². The molecule has 0 bridgehead atoms. The van der Waals surface area contributed by atoms with Gasteiger partial charge >= 0.3 is 0 Å². The molecule has 5 atom stereocenters. The maximum Gasteiger partial charge on any atom is 0.161 e. The normalized spacial score (nSPS) is 31.7. The van der Waals surface area contributed by atoms with E-state index in [0.717, 1.165) is 5.56 Å². The van der Waals surface area contributed by atoms with Crippen molar-refractivity contribution in [2.75, 3.05) is 6.61 Å². The molecule has 6 N–H and O–H groups in total. The van der Waals surface area contributed by atoms with Gasteiger partial charge in [-0.1, -0.05) is 71.8 Å². The Bertz CT molecular complexity index is 868. The predicted octanol–water partition coefficient (Wildman–Crippen LogP) is 1.43. The highest BCUT2D eigenvalue weighted by molar-refractivity contribution is 6.49. The van der Waals surface area contributed by atoms with Crippen molar-refractivity contribution >= 4 is 16.6 Å². The Hall–Kier alpha value is -1.93. The average Bonchev–Trinajstić information content (AvgIpc) is 2.73. The Morgan fingerprint density at radius 3 is 2.18 bits per heavy atom. The molecular weight excluding hydrogens is 384 g/mol. The van der Waals surface area contributed by atoms with E-state index < -0.39 is 41.7 Å². The third-order valence-corrected chi connectivity index (χ3v) is 5.89. The molecule has 6 nitrogen and oxygen atoms in total. The van der Waals surface area contributed by atoms with Gasteiger partial charge in [0, 0.05) is 0 Å². The second-order valence-corrected chi connectivity index (χ2v) is 7.56. The highest BCUT2D eigenvalue weighted by atomic mass is 35.5. The minimum atomic E-state index is -2.37. The van der Waals surface area contributed by atoms with Gasteiger partial charge in [-0.2, -0.15) is 0 Å². The van der Waals surface area contributed by atoms with Crippen LogP contribution in [0.1, 0.15) is 22.6 Å². The number of halogens is 1. The van der Waals surface area contributed by atoms with Crippen LogP contribution in [0.5, 0.6) is 0 Å². The van der Waals surface area contributed by atoms with Crippen molar-refractivity contribution in [3.63, 3.8) is 0 Å². The summed E-state index contributed by atoms with van der Waals surface area (Å²) in [4.78, 5) is 0. The van der Waals surface area contributed by atoms with Crippen LogP contribution in [0.4, 0.5) is 0 Å². The zero-order valence-electron chi connectivity index (χ0n) is 15.2. The van der Waals surface area contributed by atoms with Gasteiger partial charge in [-0.25, -0.2) is 0 Å². The van der Waals surface area contributed by atoms with Gasteiger partial charge in [-0.05, 0) is 18.1 Å². The molecule has 0 radical (unpaired) electrons. The topological polar surface area (TPSA) is 121 Å². The van der Waals surface area contributed by atoms with Crippen LogP contribution in [0.3, 0.4) is 0 Å². The molecular formula is C21H23ClO6. The highest BCUT2D eigenvalue weighted by Gasteiger charge is 2.75. The molecule has 28 heavy (non-hydrogen) atoms. The smallest absolute Gasteiger partial charge is 0.161 e. The maximum atomic E-state index is 11.2. The van der Waals surface area contributed by atoms with Crippen LogP contribution in [0, 0.1) is 6.92 Å². The first-order chi connectivity index (χ1) is 13.2. The second kappa shape index (κ2) is 7.48. The Balaban J connectivity index is 2.16. The minimum Gasteiger partial charge on any atom is -0.508 e. The Kier molecular flexibility index (Phi) is 5.55. The van der Waals surface area contributed by atoms with E-state index in [-0.39, 0.29) is 5.03 Å². The zero-order valence-corrected chi connectivity index (χ0v) is 16.0. The molecule has 1 unspecified atom stereocenters. The van der Waals surface area contributed by atoms with Crippen LogP contribution in [-0.2, 0) is 0 Å². The molecule has 0 amide bonds. The molecule has 3 rings (SSSR count). The zero-order chi connectivity index (χ0) is 20.7. The highest BCUT2D eigenvalue weighted by Crippen LogP contribution is 2.59. The molecule has 0 heterocycles. The Morgan fingerprint density at radius 1 is 1.07 bits per heavy atom. The first kappa shape index (κ1) is 20.8. The van der Waals surface area contributed by atoms with Gasteiger partial charge in [0.25, 0.3) is 0 Å². The lowest BCUT2D eigenvalue weighted by Gasteiger charge is -2.62. The van der Waals surface area contributed by atoms with Gasteiger partial charge in [0.05, 0.1) is 17.6 Å². The number of aryl methyl sites for hydroxylation is 1. The third-order valence-electron chi connectivity index (χ3n) is 5.49. The molecule has 7 heteroatoms. The summed E-state index contributed by atoms with van der Waals surface area (Å²) in [5.41, 5.74) is -2.98. The van der Waals surface area contributed by atoms with E-state index in [1.165, 1.54) is 0 Å². The summed E-state index contributed by atoms with van der Waals surface area (Å²) in [5, 5.41) is 62.9. The largest absolute Gasteiger partial charge is 0.508 e. The van der Waals surface area contributed by atoms with Crippen molar-refractivity contribution < 1.29 is 30.6 Å². The van der Waals surface area contributed by atoms with Gasteiger partial charge in [-0.15, -0.1) is 0 Å². The van der Waals surface area contributed by atoms with Gasteiger partial charge in [0.15, 0.2) is 5.60 Å². The van der Waals surface area contributed by atoms with Crippen molar-refractivity contribution in [1.29, 1.82) is 0 Å². The van der Waals surface area contributed by atoms with Crippen molar-refractivity contribution in [3.05, 3.63) is 77.0 Å². The van der Waals surface area contributed by atoms with E-state index in [1.54, 1.807) is 54.6 Å². The Labute approximate surface area is 167 Å². The second-order valence-electron chi connectivity index (χ2n) is 7.19. The Morgan fingerprint density at radius 2 is 1.64 bits per heavy atom. The number of rotatable bonds is 5. The van der Waals surface area contributed by atoms with Gasteiger partial charge < -0.3 is 30.6 Å². The van der Waals surface area contributed by atoms with Crippen molar-refractivity contribution in [1.82, 2.24) is 0 Å². The SMILES string of the molecule is Cc1ccc(C2[C@@](O)([C@H](O)CO)[C@H](O)[C@@]2(O)C(O)=C(Cl)c2ccccc2)cc1. The lowest BCUT2D eigenvalue weighted by atomic mass is 9.50. The molecule has 0 spiro atoms. The number of hydrogen-bond donors (Lipinski definition) is 6. The van der Waals surface area contributed by atoms with Gasteiger partial charge in [-0.3, -0.25) is 0 Å². The van der Waals surface area contributed by atoms with Gasteiger partial charge in [0.1, 0.15) is 23.6 Å². The predicted molar refractivity (Wildman–Crippen MR) is 105 cm³/mol. The van der Waals surface area contributed by atoms with E-state index in [4.69, 9.17) is 11.6 Å². The monoisotopic (exact) mass is 406 g/mol. The standard InChI is InChI=1S/C21H23ClO6/c1-12-7-9-14(10-8-12)17-20(27,15(24)11-23)19(26)21(17,28)18(25)16(22)13-5-3-2-4-6-13/h2-10,15,17,19,23-28H,11H2,1H3/t15-,17?,19+,20+,21+/m1/s1. The summed E-state index contributed by atoms with van der Waals surface area (Å²) < 4.78 is 0. The minimum absolute atomic E-state index is 0.195. The summed E-state index contributed by atoms with van der Waals surface area (Å²) in [5.74, 6) is -2.07. The van der Waals surface area contributed by atoms with Crippen molar-refractivity contribution in [2.24, 2.45) is 0 Å². The van der Waals surface area contributed by atoms with Crippen LogP contribution < -0.4 is 0 Å². The number of aliphatic hydroxyl groups excluding tert-OH is 4. The number of benzene rings is 2. The summed E-state index contributed by atoms with van der Waals surface area (Å²) in [6.45, 7) is 1.01. The lowest BCUT2D eigenvalue weighted by Crippen LogP contribution is -2.80. The van der Waals surface area contributed by atoms with Crippen molar-refractivity contribution in [3.8, 4) is 0 Å². The van der Waals surface area contributed by atoms with Crippen LogP contribution in [-0.4, -0.2) is 60.7 Å². The van der Waals surface area contributed by atoms with E-state index >= 15 is 0 Å². The number of aliphatic hydroxyl groups is 6. The van der Waals surface area contributed by atoms with Gasteiger partial charge in [0.2, 0.25) is 0 Å². The molecule has 1 saturated carbocycles. The number of hydrogen-bond acceptors (Lipinski definition) is 6. The quantitative estimate of drug-likeness (QED) is 0.418. The lowest BCUT2D eigenvalue weighted by molar-refractivity contribution is -0.313. The average molecular weight is 407 g/mol. The fourth-order valence-electron chi connectivity index (χ4n) is 3.89. The molecule has 1 aliphatic carbocycles. The summed E-state index contributed by atoms with van der Waals surface area (Å²) in [6.07, 6.45) is -3.75. The fourth-order valence-corrected chi connectivity index (χ4v) is 4.17. The third kappa shape index (κ3) is 2.93. The summed E-state index contributed by atoms with van der Waals surface area (Å²) >= 11 is 6.27. The van der Waals surface area contributed by atoms with Crippen LogP contribution >= 0.6 is 11.6 Å². The molecule has 1 aliphatic rings. The van der Waals surface area contributed by atoms with Crippen LogP contribution in [0.15, 0.2) is 60.4 Å².